The van der Waals surface area contributed by atoms with Gasteiger partial charge in [0.05, 0.1) is 50.2 Å². The second-order valence-electron chi connectivity index (χ2n) is 8.20. The van der Waals surface area contributed by atoms with E-state index in [2.05, 4.69) is 21.9 Å². The maximum atomic E-state index is 13.2. The van der Waals surface area contributed by atoms with Crippen LogP contribution in [-0.4, -0.2) is 47.8 Å². The lowest BCUT2D eigenvalue weighted by Crippen LogP contribution is -2.38. The van der Waals surface area contributed by atoms with Crippen LogP contribution in [0.4, 0.5) is 0 Å². The van der Waals surface area contributed by atoms with Crippen molar-refractivity contribution < 1.29 is 23.8 Å². The maximum absolute atomic E-state index is 13.2. The summed E-state index contributed by atoms with van der Waals surface area (Å²) in [6, 6.07) is 10.4. The molecule has 1 N–H and O–H groups in total. The van der Waals surface area contributed by atoms with Gasteiger partial charge in [-0.25, -0.2) is 9.79 Å². The zero-order chi connectivity index (χ0) is 26.4. The number of aliphatic imine (C=N–C) groups is 1. The first-order valence-corrected chi connectivity index (χ1v) is 12.4. The van der Waals surface area contributed by atoms with E-state index in [0.29, 0.717) is 40.2 Å². The topological polar surface area (TPSA) is 102 Å². The Hall–Kier alpha value is -4.05. The summed E-state index contributed by atoms with van der Waals surface area (Å²) < 4.78 is 16.4. The summed E-state index contributed by atoms with van der Waals surface area (Å²) in [5, 5.41) is 5.46. The van der Waals surface area contributed by atoms with E-state index in [1.54, 1.807) is 33.4 Å². The summed E-state index contributed by atoms with van der Waals surface area (Å²) in [6.45, 7) is 5.78. The molecule has 3 heterocycles. The van der Waals surface area contributed by atoms with Gasteiger partial charge in [0.25, 0.3) is 0 Å². The fourth-order valence-corrected chi connectivity index (χ4v) is 5.03. The van der Waals surface area contributed by atoms with Crippen LogP contribution in [0, 0.1) is 0 Å². The molecule has 0 aliphatic carbocycles. The summed E-state index contributed by atoms with van der Waals surface area (Å²) >= 11 is 1.40. The van der Waals surface area contributed by atoms with Crippen LogP contribution in [0.15, 0.2) is 82.6 Å². The molecule has 2 aliphatic rings. The number of rotatable bonds is 10. The third kappa shape index (κ3) is 5.86. The van der Waals surface area contributed by atoms with Crippen molar-refractivity contribution in [1.82, 2.24) is 15.2 Å². The SMILES string of the molecule is C=CCOC(=O)C1=C(C)N=C2SC=C(CC(=O)NCc3ccccn3)N2[C@H]1c1cc(OC)cc(OC)c1. The number of pyridine rings is 1. The number of amidine groups is 1. The first-order valence-electron chi connectivity index (χ1n) is 11.6. The molecule has 2 aromatic rings. The summed E-state index contributed by atoms with van der Waals surface area (Å²) in [7, 11) is 3.13. The second-order valence-corrected chi connectivity index (χ2v) is 9.04. The van der Waals surface area contributed by atoms with Crippen molar-refractivity contribution in [3.05, 3.63) is 88.9 Å². The van der Waals surface area contributed by atoms with Gasteiger partial charge in [-0.3, -0.25) is 9.78 Å². The average molecular weight is 521 g/mol. The number of methoxy groups -OCH3 is 2. The summed E-state index contributed by atoms with van der Waals surface area (Å²) in [5.74, 6) is 0.450. The largest absolute Gasteiger partial charge is 0.497 e. The lowest BCUT2D eigenvalue weighted by atomic mass is 9.93. The minimum Gasteiger partial charge on any atom is -0.497 e. The number of ether oxygens (including phenoxy) is 3. The molecule has 0 radical (unpaired) electrons. The molecule has 0 unspecified atom stereocenters. The van der Waals surface area contributed by atoms with Crippen LogP contribution in [0.3, 0.4) is 0 Å². The zero-order valence-corrected chi connectivity index (χ0v) is 21.7. The van der Waals surface area contributed by atoms with Crippen molar-refractivity contribution in [2.75, 3.05) is 20.8 Å². The van der Waals surface area contributed by atoms with Crippen molar-refractivity contribution in [3.8, 4) is 11.5 Å². The maximum Gasteiger partial charge on any atom is 0.338 e. The molecule has 1 atom stereocenters. The molecule has 0 bridgehead atoms. The van der Waals surface area contributed by atoms with Gasteiger partial charge in [0.15, 0.2) is 5.17 Å². The molecule has 0 saturated carbocycles. The first-order chi connectivity index (χ1) is 17.9. The highest BCUT2D eigenvalue weighted by Gasteiger charge is 2.41. The summed E-state index contributed by atoms with van der Waals surface area (Å²) in [4.78, 5) is 37.0. The molecule has 2 aliphatic heterocycles. The molecule has 0 fully saturated rings. The number of esters is 1. The molecule has 4 rings (SSSR count). The molecular weight excluding hydrogens is 492 g/mol. The lowest BCUT2D eigenvalue weighted by Gasteiger charge is -2.36. The smallest absolute Gasteiger partial charge is 0.338 e. The van der Waals surface area contributed by atoms with E-state index in [1.165, 1.54) is 17.8 Å². The Morgan fingerprint density at radius 2 is 1.95 bits per heavy atom. The van der Waals surface area contributed by atoms with Gasteiger partial charge < -0.3 is 24.4 Å². The molecule has 10 heteroatoms. The van der Waals surface area contributed by atoms with Crippen molar-refractivity contribution >= 4 is 28.8 Å². The number of hydrogen-bond acceptors (Lipinski definition) is 9. The Labute approximate surface area is 219 Å². The van der Waals surface area contributed by atoms with Crippen molar-refractivity contribution in [2.45, 2.75) is 25.9 Å². The lowest BCUT2D eigenvalue weighted by molar-refractivity contribution is -0.138. The van der Waals surface area contributed by atoms with Gasteiger partial charge in [0.1, 0.15) is 18.1 Å². The zero-order valence-electron chi connectivity index (χ0n) is 20.9. The van der Waals surface area contributed by atoms with Crippen LogP contribution < -0.4 is 14.8 Å². The minimum absolute atomic E-state index is 0.0632. The number of fused-ring (bicyclic) bond motifs is 1. The Balaban J connectivity index is 1.68. The van der Waals surface area contributed by atoms with E-state index >= 15 is 0 Å². The second kappa shape index (κ2) is 11.8. The van der Waals surface area contributed by atoms with Gasteiger partial charge in [-0.05, 0) is 42.2 Å². The normalized spacial score (nSPS) is 16.4. The van der Waals surface area contributed by atoms with E-state index in [1.807, 2.05) is 40.6 Å². The molecule has 1 amide bonds. The number of benzene rings is 1. The minimum atomic E-state index is -0.612. The fourth-order valence-electron chi connectivity index (χ4n) is 4.06. The Bertz CT molecular complexity index is 1270. The van der Waals surface area contributed by atoms with Crippen LogP contribution in [-0.2, 0) is 20.9 Å². The van der Waals surface area contributed by atoms with Gasteiger partial charge in [0, 0.05) is 18.0 Å². The highest BCUT2D eigenvalue weighted by atomic mass is 32.2. The molecule has 37 heavy (non-hydrogen) atoms. The molecule has 0 saturated heterocycles. The van der Waals surface area contributed by atoms with Gasteiger partial charge in [0.2, 0.25) is 5.91 Å². The van der Waals surface area contributed by atoms with Gasteiger partial charge in [-0.2, -0.15) is 0 Å². The van der Waals surface area contributed by atoms with Gasteiger partial charge in [-0.1, -0.05) is 30.5 Å². The molecule has 1 aromatic carbocycles. The van der Waals surface area contributed by atoms with Crippen molar-refractivity contribution in [2.24, 2.45) is 4.99 Å². The predicted octanol–water partition coefficient (Wildman–Crippen LogP) is 4.11. The van der Waals surface area contributed by atoms with E-state index in [9.17, 15) is 9.59 Å². The Kier molecular flexibility index (Phi) is 8.29. The fraction of sp³-hybridized carbons (Fsp3) is 0.259. The number of thioether (sulfide) groups is 1. The Morgan fingerprint density at radius 1 is 1.19 bits per heavy atom. The van der Waals surface area contributed by atoms with E-state index in [0.717, 1.165) is 11.3 Å². The Morgan fingerprint density at radius 3 is 2.59 bits per heavy atom. The van der Waals surface area contributed by atoms with Gasteiger partial charge >= 0.3 is 5.97 Å². The van der Waals surface area contributed by atoms with Crippen LogP contribution in [0.1, 0.15) is 30.6 Å². The number of aromatic nitrogens is 1. The van der Waals surface area contributed by atoms with Crippen molar-refractivity contribution in [1.29, 1.82) is 0 Å². The predicted molar refractivity (Wildman–Crippen MR) is 142 cm³/mol. The number of carbonyl (C=O) groups is 2. The summed E-state index contributed by atoms with van der Waals surface area (Å²) in [6.07, 6.45) is 3.28. The first kappa shape index (κ1) is 26.0. The van der Waals surface area contributed by atoms with E-state index in [-0.39, 0.29) is 18.9 Å². The molecular formula is C27H28N4O5S. The number of nitrogens with zero attached hydrogens (tertiary/aromatic N) is 3. The van der Waals surface area contributed by atoms with Crippen LogP contribution in [0.25, 0.3) is 0 Å². The third-order valence-electron chi connectivity index (χ3n) is 5.78. The monoisotopic (exact) mass is 520 g/mol. The number of nitrogens with one attached hydrogen (secondary N) is 1. The molecule has 1 aromatic heterocycles. The van der Waals surface area contributed by atoms with Crippen molar-refractivity contribution in [3.63, 3.8) is 0 Å². The molecule has 0 spiro atoms. The number of allylic oxidation sites excluding steroid dienone is 1. The number of amides is 1. The third-order valence-corrected chi connectivity index (χ3v) is 6.67. The number of carbonyl (C=O) groups excluding carboxylic acids is 2. The van der Waals surface area contributed by atoms with Crippen LogP contribution in [0.2, 0.25) is 0 Å². The highest BCUT2D eigenvalue weighted by molar-refractivity contribution is 8.16. The van der Waals surface area contributed by atoms with Crippen LogP contribution in [0.5, 0.6) is 11.5 Å². The quantitative estimate of drug-likeness (QED) is 0.369. The highest BCUT2D eigenvalue weighted by Crippen LogP contribution is 2.46. The van der Waals surface area contributed by atoms with E-state index < -0.39 is 12.0 Å². The molecule has 192 valence electrons. The summed E-state index contributed by atoms with van der Waals surface area (Å²) in [5.41, 5.74) is 3.10. The standard InChI is InChI=1S/C27H28N4O5S/c1-5-10-36-26(33)24-17(2)30-27-31(25(24)18-11-21(34-3)14-22(12-18)35-4)20(16-37-27)13-23(32)29-15-19-8-6-7-9-28-19/h5-9,11-12,14,16,25H,1,10,13,15H2,2-4H3,(H,29,32)/t25-/m0/s1. The van der Waals surface area contributed by atoms with E-state index in [4.69, 9.17) is 14.2 Å². The number of hydrogen-bond donors (Lipinski definition) is 1. The molecule has 9 nitrogen and oxygen atoms in total. The van der Waals surface area contributed by atoms with Gasteiger partial charge in [-0.15, -0.1) is 0 Å². The average Bonchev–Trinajstić information content (AvgIpc) is 3.31. The van der Waals surface area contributed by atoms with Crippen LogP contribution >= 0.6 is 11.8 Å².